The van der Waals surface area contributed by atoms with E-state index in [0.717, 1.165) is 5.56 Å². The van der Waals surface area contributed by atoms with Crippen molar-refractivity contribution in [1.82, 2.24) is 4.98 Å². The van der Waals surface area contributed by atoms with E-state index in [2.05, 4.69) is 10.3 Å². The number of nitrogens with zero attached hydrogens (tertiary/aromatic N) is 1. The summed E-state index contributed by atoms with van der Waals surface area (Å²) >= 11 is 1.38. The molecule has 1 amide bonds. The lowest BCUT2D eigenvalue weighted by Crippen LogP contribution is -2.27. The number of thiazole rings is 1. The smallest absolute Gasteiger partial charge is 0.229 e. The number of para-hydroxylation sites is 1. The molecule has 0 unspecified atom stereocenters. The van der Waals surface area contributed by atoms with Crippen LogP contribution in [0, 0.1) is 11.2 Å². The summed E-state index contributed by atoms with van der Waals surface area (Å²) in [6.07, 6.45) is 0. The number of benzene rings is 2. The van der Waals surface area contributed by atoms with E-state index in [1.165, 1.54) is 17.4 Å². The maximum atomic E-state index is 14.0. The van der Waals surface area contributed by atoms with Crippen LogP contribution in [0.5, 0.6) is 0 Å². The number of hydrogen-bond acceptors (Lipinski definition) is 3. The fourth-order valence-corrected chi connectivity index (χ4v) is 3.13. The molecule has 0 aliphatic heterocycles. The molecule has 0 saturated heterocycles. The second-order valence-electron chi connectivity index (χ2n) is 6.77. The van der Waals surface area contributed by atoms with Crippen LogP contribution in [0.3, 0.4) is 0 Å². The monoisotopic (exact) mass is 354 g/mol. The predicted octanol–water partition coefficient (Wildman–Crippen LogP) is 5.60. The Morgan fingerprint density at radius 2 is 1.68 bits per heavy atom. The van der Waals surface area contributed by atoms with Crippen LogP contribution >= 0.6 is 11.3 Å². The van der Waals surface area contributed by atoms with Gasteiger partial charge >= 0.3 is 0 Å². The highest BCUT2D eigenvalue weighted by Gasteiger charge is 2.22. The largest absolute Gasteiger partial charge is 0.325 e. The standard InChI is InChI=1S/C20H19FN2OS/c1-20(2,3)19(24)23-16-11-7-5-9-14(16)17-12-25-18(22-17)13-8-4-6-10-15(13)21/h4-12H,1-3H3,(H,23,24). The zero-order valence-corrected chi connectivity index (χ0v) is 15.2. The van der Waals surface area contributed by atoms with E-state index in [0.29, 0.717) is 22.0 Å². The molecular formula is C20H19FN2OS. The minimum absolute atomic E-state index is 0.0653. The molecule has 0 aliphatic carbocycles. The van der Waals surface area contributed by atoms with Gasteiger partial charge < -0.3 is 5.32 Å². The highest BCUT2D eigenvalue weighted by Crippen LogP contribution is 2.34. The van der Waals surface area contributed by atoms with E-state index in [9.17, 15) is 9.18 Å². The van der Waals surface area contributed by atoms with E-state index in [1.807, 2.05) is 50.4 Å². The van der Waals surface area contributed by atoms with Crippen LogP contribution in [-0.2, 0) is 4.79 Å². The van der Waals surface area contributed by atoms with Gasteiger partial charge in [0.1, 0.15) is 10.8 Å². The molecule has 0 fully saturated rings. The third kappa shape index (κ3) is 3.77. The molecule has 0 spiro atoms. The van der Waals surface area contributed by atoms with Crippen LogP contribution in [0.4, 0.5) is 10.1 Å². The average molecular weight is 354 g/mol. The van der Waals surface area contributed by atoms with E-state index in [1.54, 1.807) is 18.2 Å². The molecule has 1 aromatic heterocycles. The average Bonchev–Trinajstić information content (AvgIpc) is 3.04. The number of amides is 1. The Morgan fingerprint density at radius 1 is 1.04 bits per heavy atom. The molecule has 2 aromatic carbocycles. The van der Waals surface area contributed by atoms with Crippen molar-refractivity contribution in [3.05, 3.63) is 59.7 Å². The molecule has 0 atom stereocenters. The van der Waals surface area contributed by atoms with Gasteiger partial charge in [-0.3, -0.25) is 4.79 Å². The molecule has 0 bridgehead atoms. The Kier molecular flexibility index (Phi) is 4.68. The number of rotatable bonds is 3. The lowest BCUT2D eigenvalue weighted by atomic mass is 9.95. The Bertz CT molecular complexity index is 912. The molecule has 25 heavy (non-hydrogen) atoms. The third-order valence-corrected chi connectivity index (χ3v) is 4.62. The number of carbonyl (C=O) groups is 1. The molecule has 3 aromatic rings. The molecule has 0 saturated carbocycles. The molecule has 5 heteroatoms. The van der Waals surface area contributed by atoms with E-state index in [4.69, 9.17) is 0 Å². The number of nitrogens with one attached hydrogen (secondary N) is 1. The number of aromatic nitrogens is 1. The van der Waals surface area contributed by atoms with Gasteiger partial charge in [-0.1, -0.05) is 51.1 Å². The van der Waals surface area contributed by atoms with Gasteiger partial charge in [0, 0.05) is 21.9 Å². The summed E-state index contributed by atoms with van der Waals surface area (Å²) in [5.41, 5.74) is 2.22. The van der Waals surface area contributed by atoms with Crippen molar-refractivity contribution in [3.63, 3.8) is 0 Å². The molecule has 128 valence electrons. The summed E-state index contributed by atoms with van der Waals surface area (Å²) in [4.78, 5) is 16.9. The fraction of sp³-hybridized carbons (Fsp3) is 0.200. The lowest BCUT2D eigenvalue weighted by molar-refractivity contribution is -0.123. The Hall–Kier alpha value is -2.53. The number of carbonyl (C=O) groups excluding carboxylic acids is 1. The summed E-state index contributed by atoms with van der Waals surface area (Å²) in [6, 6.07) is 14.1. The van der Waals surface area contributed by atoms with Crippen LogP contribution in [0.25, 0.3) is 21.8 Å². The Balaban J connectivity index is 1.96. The van der Waals surface area contributed by atoms with Crippen molar-refractivity contribution < 1.29 is 9.18 Å². The predicted molar refractivity (Wildman–Crippen MR) is 101 cm³/mol. The molecule has 3 nitrogen and oxygen atoms in total. The highest BCUT2D eigenvalue weighted by molar-refractivity contribution is 7.13. The molecule has 1 heterocycles. The number of hydrogen-bond donors (Lipinski definition) is 1. The van der Waals surface area contributed by atoms with Gasteiger partial charge in [-0.05, 0) is 18.2 Å². The first-order valence-electron chi connectivity index (χ1n) is 7.97. The van der Waals surface area contributed by atoms with Crippen LogP contribution in [0.2, 0.25) is 0 Å². The van der Waals surface area contributed by atoms with Gasteiger partial charge in [-0.25, -0.2) is 9.37 Å². The van der Waals surface area contributed by atoms with Gasteiger partial charge in [-0.15, -0.1) is 11.3 Å². The maximum Gasteiger partial charge on any atom is 0.229 e. The third-order valence-electron chi connectivity index (χ3n) is 3.74. The van der Waals surface area contributed by atoms with Crippen LogP contribution in [0.1, 0.15) is 20.8 Å². The molecule has 0 aliphatic rings. The summed E-state index contributed by atoms with van der Waals surface area (Å²) < 4.78 is 14.0. The topological polar surface area (TPSA) is 42.0 Å². The first-order chi connectivity index (χ1) is 11.9. The lowest BCUT2D eigenvalue weighted by Gasteiger charge is -2.19. The van der Waals surface area contributed by atoms with Crippen molar-refractivity contribution in [2.45, 2.75) is 20.8 Å². The van der Waals surface area contributed by atoms with Gasteiger partial charge in [-0.2, -0.15) is 0 Å². The van der Waals surface area contributed by atoms with Gasteiger partial charge in [0.15, 0.2) is 0 Å². The van der Waals surface area contributed by atoms with Crippen molar-refractivity contribution in [2.75, 3.05) is 5.32 Å². The zero-order chi connectivity index (χ0) is 18.0. The highest BCUT2D eigenvalue weighted by atomic mass is 32.1. The van der Waals surface area contributed by atoms with Crippen molar-refractivity contribution in [3.8, 4) is 21.8 Å². The minimum atomic E-state index is -0.493. The molecule has 3 rings (SSSR count). The van der Waals surface area contributed by atoms with Gasteiger partial charge in [0.05, 0.1) is 11.4 Å². The van der Waals surface area contributed by atoms with E-state index < -0.39 is 5.41 Å². The van der Waals surface area contributed by atoms with Crippen LogP contribution in [0.15, 0.2) is 53.9 Å². The summed E-state index contributed by atoms with van der Waals surface area (Å²) in [6.45, 7) is 5.60. The van der Waals surface area contributed by atoms with E-state index >= 15 is 0 Å². The summed E-state index contributed by atoms with van der Waals surface area (Å²) in [5, 5.41) is 5.46. The second kappa shape index (κ2) is 6.76. The van der Waals surface area contributed by atoms with Crippen molar-refractivity contribution >= 4 is 22.9 Å². The Labute approximate surface area is 150 Å². The van der Waals surface area contributed by atoms with E-state index in [-0.39, 0.29) is 11.7 Å². The zero-order valence-electron chi connectivity index (χ0n) is 14.3. The first-order valence-corrected chi connectivity index (χ1v) is 8.85. The summed E-state index contributed by atoms with van der Waals surface area (Å²) in [5.74, 6) is -0.359. The van der Waals surface area contributed by atoms with Crippen molar-refractivity contribution in [2.24, 2.45) is 5.41 Å². The molecular weight excluding hydrogens is 335 g/mol. The normalized spacial score (nSPS) is 11.4. The minimum Gasteiger partial charge on any atom is -0.325 e. The van der Waals surface area contributed by atoms with Gasteiger partial charge in [0.2, 0.25) is 5.91 Å². The van der Waals surface area contributed by atoms with Crippen LogP contribution < -0.4 is 5.32 Å². The van der Waals surface area contributed by atoms with Crippen molar-refractivity contribution in [1.29, 1.82) is 0 Å². The quantitative estimate of drug-likeness (QED) is 0.665. The van der Waals surface area contributed by atoms with Crippen LogP contribution in [-0.4, -0.2) is 10.9 Å². The molecule has 0 radical (unpaired) electrons. The second-order valence-corrected chi connectivity index (χ2v) is 7.63. The number of halogens is 1. The number of anilines is 1. The van der Waals surface area contributed by atoms with Gasteiger partial charge in [0.25, 0.3) is 0 Å². The fourth-order valence-electron chi connectivity index (χ4n) is 2.28. The summed E-state index contributed by atoms with van der Waals surface area (Å²) in [7, 11) is 0. The molecule has 1 N–H and O–H groups in total. The SMILES string of the molecule is CC(C)(C)C(=O)Nc1ccccc1-c1csc(-c2ccccc2F)n1. The maximum absolute atomic E-state index is 14.0. The first kappa shape index (κ1) is 17.3. The Morgan fingerprint density at radius 3 is 2.36 bits per heavy atom.